The van der Waals surface area contributed by atoms with Crippen LogP contribution in [0.2, 0.25) is 0 Å². The molecule has 0 aliphatic heterocycles. The minimum atomic E-state index is -4.18. The molecule has 0 saturated carbocycles. The molecule has 4 rings (SSSR count). The number of rotatable bonds is 12. The van der Waals surface area contributed by atoms with E-state index in [1.54, 1.807) is 80.8 Å². The van der Waals surface area contributed by atoms with Crippen LogP contribution in [0.3, 0.4) is 0 Å². The maximum atomic E-state index is 14.1. The number of carbonyl (C=O) groups excluding carboxylic acids is 2. The van der Waals surface area contributed by atoms with E-state index in [-0.39, 0.29) is 23.0 Å². The van der Waals surface area contributed by atoms with E-state index in [9.17, 15) is 18.0 Å². The van der Waals surface area contributed by atoms with Crippen LogP contribution in [-0.2, 0) is 26.2 Å². The number of nitrogens with one attached hydrogen (secondary N) is 1. The van der Waals surface area contributed by atoms with Gasteiger partial charge >= 0.3 is 0 Å². The summed E-state index contributed by atoms with van der Waals surface area (Å²) in [5.41, 5.74) is 0.482. The molecule has 0 spiro atoms. The second kappa shape index (κ2) is 14.3. The van der Waals surface area contributed by atoms with E-state index in [0.717, 1.165) is 9.87 Å². The minimum Gasteiger partial charge on any atom is -0.497 e. The highest BCUT2D eigenvalue weighted by molar-refractivity contribution is 7.92. The van der Waals surface area contributed by atoms with Crippen LogP contribution < -0.4 is 19.1 Å². The van der Waals surface area contributed by atoms with Crippen LogP contribution in [0, 0.1) is 0 Å². The van der Waals surface area contributed by atoms with Crippen LogP contribution in [0.5, 0.6) is 17.2 Å². The van der Waals surface area contributed by atoms with Gasteiger partial charge < -0.3 is 19.7 Å². The number of hydrogen-bond donors (Lipinski definition) is 1. The third-order valence-corrected chi connectivity index (χ3v) is 8.68. The fourth-order valence-electron chi connectivity index (χ4n) is 4.54. The van der Waals surface area contributed by atoms with Crippen molar-refractivity contribution in [1.82, 2.24) is 10.2 Å². The molecule has 4 aromatic rings. The fraction of sp³-hybridized carbons (Fsp3) is 0.257. The second-order valence-corrected chi connectivity index (χ2v) is 13.4. The third kappa shape index (κ3) is 8.86. The first kappa shape index (κ1) is 33.1. The lowest BCUT2D eigenvalue weighted by Crippen LogP contribution is -2.54. The molecule has 0 radical (unpaired) electrons. The highest BCUT2D eigenvalue weighted by Crippen LogP contribution is 2.28. The molecular weight excluding hydrogens is 590 g/mol. The van der Waals surface area contributed by atoms with Gasteiger partial charge in [-0.25, -0.2) is 8.42 Å². The van der Waals surface area contributed by atoms with Crippen molar-refractivity contribution >= 4 is 27.5 Å². The van der Waals surface area contributed by atoms with Crippen molar-refractivity contribution in [3.63, 3.8) is 0 Å². The molecule has 10 heteroatoms. The van der Waals surface area contributed by atoms with E-state index in [0.29, 0.717) is 17.2 Å². The van der Waals surface area contributed by atoms with Crippen molar-refractivity contribution in [2.45, 2.75) is 50.7 Å². The maximum absolute atomic E-state index is 14.1. The molecule has 9 nitrogen and oxygen atoms in total. The van der Waals surface area contributed by atoms with E-state index in [2.05, 4.69) is 5.32 Å². The van der Waals surface area contributed by atoms with E-state index in [1.165, 1.54) is 17.0 Å². The van der Waals surface area contributed by atoms with Crippen LogP contribution in [0.15, 0.2) is 114 Å². The molecule has 0 heterocycles. The van der Waals surface area contributed by atoms with Gasteiger partial charge in [-0.05, 0) is 93.9 Å². The van der Waals surface area contributed by atoms with Crippen molar-refractivity contribution in [2.24, 2.45) is 0 Å². The summed E-state index contributed by atoms with van der Waals surface area (Å²) >= 11 is 0. The monoisotopic (exact) mass is 629 g/mol. The highest BCUT2D eigenvalue weighted by atomic mass is 32.2. The lowest BCUT2D eigenvalue weighted by atomic mass is 10.1. The van der Waals surface area contributed by atoms with Gasteiger partial charge in [0, 0.05) is 12.1 Å². The van der Waals surface area contributed by atoms with Crippen molar-refractivity contribution in [2.75, 3.05) is 18.0 Å². The van der Waals surface area contributed by atoms with Gasteiger partial charge in [0.2, 0.25) is 11.8 Å². The Labute approximate surface area is 265 Å². The van der Waals surface area contributed by atoms with Gasteiger partial charge in [-0.15, -0.1) is 0 Å². The van der Waals surface area contributed by atoms with Crippen LogP contribution in [0.1, 0.15) is 33.3 Å². The van der Waals surface area contributed by atoms with Crippen LogP contribution in [-0.4, -0.2) is 50.4 Å². The maximum Gasteiger partial charge on any atom is 0.264 e. The summed E-state index contributed by atoms with van der Waals surface area (Å²) in [7, 11) is -2.62. The number of hydrogen-bond acceptors (Lipinski definition) is 6. The number of carbonyl (C=O) groups is 2. The second-order valence-electron chi connectivity index (χ2n) is 11.5. The summed E-state index contributed by atoms with van der Waals surface area (Å²) in [4.78, 5) is 28.9. The van der Waals surface area contributed by atoms with Gasteiger partial charge in [0.05, 0.1) is 17.7 Å². The first-order chi connectivity index (χ1) is 21.4. The molecule has 0 saturated heterocycles. The van der Waals surface area contributed by atoms with Gasteiger partial charge in [0.1, 0.15) is 29.8 Å². The zero-order chi connectivity index (χ0) is 32.6. The predicted octanol–water partition coefficient (Wildman–Crippen LogP) is 6.01. The van der Waals surface area contributed by atoms with Gasteiger partial charge in [-0.2, -0.15) is 0 Å². The normalized spacial score (nSPS) is 12.1. The summed E-state index contributed by atoms with van der Waals surface area (Å²) < 4.78 is 40.2. The molecule has 4 aromatic carbocycles. The van der Waals surface area contributed by atoms with E-state index >= 15 is 0 Å². The zero-order valence-corrected chi connectivity index (χ0v) is 27.0. The lowest BCUT2D eigenvalue weighted by Gasteiger charge is -2.33. The van der Waals surface area contributed by atoms with Gasteiger partial charge in [-0.3, -0.25) is 13.9 Å². The van der Waals surface area contributed by atoms with Crippen molar-refractivity contribution in [3.05, 3.63) is 115 Å². The Hall–Kier alpha value is -4.83. The quantitative estimate of drug-likeness (QED) is 0.206. The Morgan fingerprint density at radius 1 is 0.778 bits per heavy atom. The summed E-state index contributed by atoms with van der Waals surface area (Å²) in [6.45, 7) is 6.73. The van der Waals surface area contributed by atoms with E-state index in [4.69, 9.17) is 9.47 Å². The molecule has 0 aliphatic carbocycles. The Kier molecular flexibility index (Phi) is 10.5. The summed E-state index contributed by atoms with van der Waals surface area (Å²) in [6.07, 6.45) is 0. The standard InChI is InChI=1S/C35H39N3O6S/c1-26(34(40)36-35(2,3)4)37(24-27-16-20-29(43-5)21-17-27)33(39)25-38(45(41,42)32-14-10-7-11-15-32)28-18-22-31(23-19-28)44-30-12-8-6-9-13-30/h6-23,26H,24-25H2,1-5H3,(H,36,40). The Balaban J connectivity index is 1.69. The van der Waals surface area contributed by atoms with Crippen molar-refractivity contribution in [1.29, 1.82) is 0 Å². The van der Waals surface area contributed by atoms with E-state index in [1.807, 2.05) is 51.1 Å². The molecule has 0 fully saturated rings. The lowest BCUT2D eigenvalue weighted by molar-refractivity contribution is -0.140. The van der Waals surface area contributed by atoms with Gasteiger partial charge in [-0.1, -0.05) is 48.5 Å². The Morgan fingerprint density at radius 2 is 1.31 bits per heavy atom. The molecule has 236 valence electrons. The smallest absolute Gasteiger partial charge is 0.264 e. The Morgan fingerprint density at radius 3 is 1.87 bits per heavy atom. The largest absolute Gasteiger partial charge is 0.497 e. The molecule has 1 N–H and O–H groups in total. The first-order valence-electron chi connectivity index (χ1n) is 14.5. The van der Waals surface area contributed by atoms with Gasteiger partial charge in [0.25, 0.3) is 10.0 Å². The van der Waals surface area contributed by atoms with Crippen LogP contribution in [0.4, 0.5) is 5.69 Å². The number of ether oxygens (including phenoxy) is 2. The van der Waals surface area contributed by atoms with Crippen LogP contribution >= 0.6 is 0 Å². The topological polar surface area (TPSA) is 105 Å². The average molecular weight is 630 g/mol. The number of nitrogens with zero attached hydrogens (tertiary/aromatic N) is 2. The molecule has 0 bridgehead atoms. The molecule has 2 amide bonds. The van der Waals surface area contributed by atoms with Gasteiger partial charge in [0.15, 0.2) is 0 Å². The summed E-state index contributed by atoms with van der Waals surface area (Å²) in [6, 6.07) is 29.9. The Bertz CT molecular complexity index is 1670. The fourth-order valence-corrected chi connectivity index (χ4v) is 5.97. The molecule has 0 aliphatic rings. The van der Waals surface area contributed by atoms with Crippen LogP contribution in [0.25, 0.3) is 0 Å². The SMILES string of the molecule is COc1ccc(CN(C(=O)CN(c2ccc(Oc3ccccc3)cc2)S(=O)(=O)c2ccccc2)C(C)C(=O)NC(C)(C)C)cc1. The number of benzene rings is 4. The minimum absolute atomic E-state index is 0.0302. The molecule has 0 aromatic heterocycles. The molecule has 1 unspecified atom stereocenters. The highest BCUT2D eigenvalue weighted by Gasteiger charge is 2.33. The summed E-state index contributed by atoms with van der Waals surface area (Å²) in [5.74, 6) is 0.874. The first-order valence-corrected chi connectivity index (χ1v) is 16.0. The number of amides is 2. The van der Waals surface area contributed by atoms with Crippen molar-refractivity contribution in [3.8, 4) is 17.2 Å². The van der Waals surface area contributed by atoms with E-state index < -0.39 is 34.1 Å². The number of anilines is 1. The average Bonchev–Trinajstić information content (AvgIpc) is 3.03. The zero-order valence-electron chi connectivity index (χ0n) is 26.1. The number of para-hydroxylation sites is 1. The number of sulfonamides is 1. The predicted molar refractivity (Wildman–Crippen MR) is 175 cm³/mol. The van der Waals surface area contributed by atoms with Crippen molar-refractivity contribution < 1.29 is 27.5 Å². The molecule has 1 atom stereocenters. The molecular formula is C35H39N3O6S. The summed E-state index contributed by atoms with van der Waals surface area (Å²) in [5, 5.41) is 2.93. The molecule has 45 heavy (non-hydrogen) atoms. The third-order valence-electron chi connectivity index (χ3n) is 6.89. The number of methoxy groups -OCH3 is 1.